The zero-order valence-corrected chi connectivity index (χ0v) is 11.3. The Hall–Kier alpha value is -1.95. The first-order valence-corrected chi connectivity index (χ1v) is 6.85. The number of fused-ring (bicyclic) bond motifs is 1. The van der Waals surface area contributed by atoms with Crippen LogP contribution in [0.4, 0.5) is 0 Å². The van der Waals surface area contributed by atoms with Gasteiger partial charge in [-0.2, -0.15) is 0 Å². The molecule has 6 heteroatoms. The van der Waals surface area contributed by atoms with Gasteiger partial charge in [0, 0.05) is 6.54 Å². The molecule has 0 radical (unpaired) electrons. The summed E-state index contributed by atoms with van der Waals surface area (Å²) in [7, 11) is 0. The maximum atomic E-state index is 11.8. The molecule has 5 nitrogen and oxygen atoms in total. The summed E-state index contributed by atoms with van der Waals surface area (Å²) in [6.07, 6.45) is 0.849. The van der Waals surface area contributed by atoms with Gasteiger partial charge >= 0.3 is 5.97 Å². The molecule has 100 valence electrons. The van der Waals surface area contributed by atoms with Gasteiger partial charge in [-0.25, -0.2) is 9.78 Å². The maximum absolute atomic E-state index is 11.8. The number of amides is 1. The second-order valence-electron chi connectivity index (χ2n) is 3.96. The van der Waals surface area contributed by atoms with Gasteiger partial charge in [0.15, 0.2) is 6.61 Å². The van der Waals surface area contributed by atoms with Gasteiger partial charge in [-0.1, -0.05) is 6.92 Å². The molecule has 2 rings (SSSR count). The van der Waals surface area contributed by atoms with Crippen LogP contribution in [-0.2, 0) is 9.53 Å². The quantitative estimate of drug-likeness (QED) is 0.849. The average Bonchev–Trinajstić information content (AvgIpc) is 2.89. The van der Waals surface area contributed by atoms with Crippen molar-refractivity contribution >= 4 is 33.4 Å². The van der Waals surface area contributed by atoms with Gasteiger partial charge < -0.3 is 10.1 Å². The van der Waals surface area contributed by atoms with Crippen molar-refractivity contribution in [3.05, 3.63) is 29.3 Å². The van der Waals surface area contributed by atoms with Crippen molar-refractivity contribution in [2.24, 2.45) is 0 Å². The first-order valence-electron chi connectivity index (χ1n) is 5.97. The second kappa shape index (κ2) is 6.29. The van der Waals surface area contributed by atoms with Crippen LogP contribution in [-0.4, -0.2) is 30.0 Å². The Morgan fingerprint density at radius 3 is 3.05 bits per heavy atom. The molecule has 1 heterocycles. The highest BCUT2D eigenvalue weighted by Crippen LogP contribution is 2.19. The lowest BCUT2D eigenvalue weighted by atomic mass is 10.2. The number of thiazole rings is 1. The normalized spacial score (nSPS) is 10.4. The first-order chi connectivity index (χ1) is 9.20. The number of nitrogens with one attached hydrogen (secondary N) is 1. The van der Waals surface area contributed by atoms with E-state index in [9.17, 15) is 9.59 Å². The number of aromatic nitrogens is 1. The molecule has 0 fully saturated rings. The zero-order valence-electron chi connectivity index (χ0n) is 10.5. The Labute approximate surface area is 114 Å². The Kier molecular flexibility index (Phi) is 4.46. The Balaban J connectivity index is 1.94. The first kappa shape index (κ1) is 13.5. The topological polar surface area (TPSA) is 68.3 Å². The van der Waals surface area contributed by atoms with E-state index in [4.69, 9.17) is 4.74 Å². The molecule has 1 N–H and O–H groups in total. The van der Waals surface area contributed by atoms with Crippen molar-refractivity contribution in [2.45, 2.75) is 13.3 Å². The Morgan fingerprint density at radius 1 is 1.42 bits per heavy atom. The summed E-state index contributed by atoms with van der Waals surface area (Å²) >= 11 is 1.46. The van der Waals surface area contributed by atoms with Crippen LogP contribution in [0.5, 0.6) is 0 Å². The highest BCUT2D eigenvalue weighted by atomic mass is 32.1. The third-order valence-corrected chi connectivity index (χ3v) is 3.27. The molecule has 0 saturated heterocycles. The summed E-state index contributed by atoms with van der Waals surface area (Å²) in [5.41, 5.74) is 3.00. The van der Waals surface area contributed by atoms with E-state index in [1.165, 1.54) is 11.3 Å². The van der Waals surface area contributed by atoms with Crippen molar-refractivity contribution in [1.82, 2.24) is 10.3 Å². The van der Waals surface area contributed by atoms with Crippen molar-refractivity contribution in [3.63, 3.8) is 0 Å². The van der Waals surface area contributed by atoms with Crippen LogP contribution in [0.1, 0.15) is 23.7 Å². The minimum atomic E-state index is -0.498. The van der Waals surface area contributed by atoms with E-state index >= 15 is 0 Å². The highest BCUT2D eigenvalue weighted by Gasteiger charge is 2.11. The standard InChI is InChI=1S/C13H14N2O3S/c1-2-5-14-12(16)7-18-13(17)9-3-4-10-11(6-9)19-8-15-10/h3-4,6,8H,2,5,7H2,1H3,(H,14,16). The summed E-state index contributed by atoms with van der Waals surface area (Å²) in [5.74, 6) is -0.781. The number of carbonyl (C=O) groups excluding carboxylic acids is 2. The van der Waals surface area contributed by atoms with Crippen molar-refractivity contribution in [3.8, 4) is 0 Å². The van der Waals surface area contributed by atoms with Crippen LogP contribution in [0.25, 0.3) is 10.2 Å². The molecule has 1 aromatic heterocycles. The van der Waals surface area contributed by atoms with Crippen LogP contribution in [0.15, 0.2) is 23.7 Å². The van der Waals surface area contributed by atoms with E-state index in [-0.39, 0.29) is 12.5 Å². The van der Waals surface area contributed by atoms with Crippen LogP contribution in [0.2, 0.25) is 0 Å². The van der Waals surface area contributed by atoms with E-state index in [1.807, 2.05) is 6.92 Å². The van der Waals surface area contributed by atoms with Gasteiger partial charge in [0.25, 0.3) is 5.91 Å². The van der Waals surface area contributed by atoms with Crippen molar-refractivity contribution in [2.75, 3.05) is 13.2 Å². The van der Waals surface area contributed by atoms with Gasteiger partial charge in [-0.05, 0) is 24.6 Å². The number of hydrogen-bond donors (Lipinski definition) is 1. The maximum Gasteiger partial charge on any atom is 0.338 e. The SMILES string of the molecule is CCCNC(=O)COC(=O)c1ccc2ncsc2c1. The zero-order chi connectivity index (χ0) is 13.7. The lowest BCUT2D eigenvalue weighted by Crippen LogP contribution is -2.29. The third-order valence-electron chi connectivity index (χ3n) is 2.47. The average molecular weight is 278 g/mol. The molecule has 0 aliphatic carbocycles. The molecule has 1 aromatic carbocycles. The largest absolute Gasteiger partial charge is 0.452 e. The van der Waals surface area contributed by atoms with Crippen LogP contribution < -0.4 is 5.32 Å². The van der Waals surface area contributed by atoms with E-state index < -0.39 is 5.97 Å². The van der Waals surface area contributed by atoms with Gasteiger partial charge in [-0.3, -0.25) is 4.79 Å². The monoisotopic (exact) mass is 278 g/mol. The van der Waals surface area contributed by atoms with Gasteiger partial charge in [0.1, 0.15) is 0 Å². The predicted octanol–water partition coefficient (Wildman–Crippen LogP) is 1.98. The fourth-order valence-corrected chi connectivity index (χ4v) is 2.23. The van der Waals surface area contributed by atoms with Gasteiger partial charge in [0.05, 0.1) is 21.3 Å². The van der Waals surface area contributed by atoms with Gasteiger partial charge in [0.2, 0.25) is 0 Å². The summed E-state index contributed by atoms with van der Waals surface area (Å²) in [4.78, 5) is 27.2. The molecule has 19 heavy (non-hydrogen) atoms. The Bertz CT molecular complexity index is 594. The molecular weight excluding hydrogens is 264 g/mol. The number of ether oxygens (including phenoxy) is 1. The van der Waals surface area contributed by atoms with Gasteiger partial charge in [-0.15, -0.1) is 11.3 Å². The molecular formula is C13H14N2O3S. The highest BCUT2D eigenvalue weighted by molar-refractivity contribution is 7.16. The number of benzene rings is 1. The van der Waals surface area contributed by atoms with E-state index in [0.717, 1.165) is 16.6 Å². The smallest absolute Gasteiger partial charge is 0.338 e. The molecule has 2 aromatic rings. The molecule has 0 aliphatic heterocycles. The van der Waals surface area contributed by atoms with E-state index in [0.29, 0.717) is 12.1 Å². The van der Waals surface area contributed by atoms with Crippen molar-refractivity contribution in [1.29, 1.82) is 0 Å². The van der Waals surface area contributed by atoms with Crippen LogP contribution in [0.3, 0.4) is 0 Å². The Morgan fingerprint density at radius 2 is 2.26 bits per heavy atom. The van der Waals surface area contributed by atoms with E-state index in [1.54, 1.807) is 23.7 Å². The molecule has 0 bridgehead atoms. The van der Waals surface area contributed by atoms with E-state index in [2.05, 4.69) is 10.3 Å². The van der Waals surface area contributed by atoms with Crippen LogP contribution in [0, 0.1) is 0 Å². The minimum Gasteiger partial charge on any atom is -0.452 e. The molecule has 0 saturated carbocycles. The predicted molar refractivity (Wildman–Crippen MR) is 73.2 cm³/mol. The number of rotatable bonds is 5. The lowest BCUT2D eigenvalue weighted by Gasteiger charge is -2.05. The molecule has 0 spiro atoms. The molecule has 1 amide bonds. The number of nitrogens with zero attached hydrogens (tertiary/aromatic N) is 1. The van der Waals surface area contributed by atoms with Crippen LogP contribution >= 0.6 is 11.3 Å². The number of hydrogen-bond acceptors (Lipinski definition) is 5. The van der Waals surface area contributed by atoms with Crippen molar-refractivity contribution < 1.29 is 14.3 Å². The molecule has 0 unspecified atom stereocenters. The second-order valence-corrected chi connectivity index (χ2v) is 4.85. The summed E-state index contributed by atoms with van der Waals surface area (Å²) < 4.78 is 5.87. The summed E-state index contributed by atoms with van der Waals surface area (Å²) in [6.45, 7) is 2.29. The number of carbonyl (C=O) groups is 2. The summed E-state index contributed by atoms with van der Waals surface area (Å²) in [6, 6.07) is 5.13. The third kappa shape index (κ3) is 3.51. The number of esters is 1. The summed E-state index contributed by atoms with van der Waals surface area (Å²) in [5, 5.41) is 2.64. The fourth-order valence-electron chi connectivity index (χ4n) is 1.51. The minimum absolute atomic E-state index is 0.250. The fraction of sp³-hybridized carbons (Fsp3) is 0.308. The molecule has 0 atom stereocenters. The lowest BCUT2D eigenvalue weighted by molar-refractivity contribution is -0.124. The molecule has 0 aliphatic rings.